The van der Waals surface area contributed by atoms with E-state index < -0.39 is 11.5 Å². The number of esters is 1. The maximum absolute atomic E-state index is 14.3. The van der Waals surface area contributed by atoms with Crippen LogP contribution in [0.25, 0.3) is 27.6 Å². The minimum atomic E-state index is -0.753. The van der Waals surface area contributed by atoms with Crippen LogP contribution in [-0.4, -0.2) is 51.1 Å². The summed E-state index contributed by atoms with van der Waals surface area (Å²) in [5, 5.41) is 0.647. The van der Waals surface area contributed by atoms with Gasteiger partial charge < -0.3 is 34.2 Å². The largest absolute Gasteiger partial charge is 0.493 e. The highest BCUT2D eigenvalue weighted by Crippen LogP contribution is 2.45. The van der Waals surface area contributed by atoms with Gasteiger partial charge in [0.25, 0.3) is 5.56 Å². The number of carbonyl (C=O) groups excluding carboxylic acids is 1. The van der Waals surface area contributed by atoms with Crippen molar-refractivity contribution in [1.82, 2.24) is 9.55 Å². The highest BCUT2D eigenvalue weighted by molar-refractivity contribution is 6.08. The highest BCUT2D eigenvalue weighted by atomic mass is 16.5. The SMILES string of the molecule is COC(=O)c1c(-c2cc(OC)c(OC)c(OC)c2)c2cc(OCc3ccccn3)c(OC)cc2c(=O)n1-c1ccc(N)cc1. The first-order valence-corrected chi connectivity index (χ1v) is 13.4. The van der Waals surface area contributed by atoms with Gasteiger partial charge in [0.15, 0.2) is 23.0 Å². The molecule has 11 heteroatoms. The monoisotopic (exact) mass is 597 g/mol. The minimum Gasteiger partial charge on any atom is -0.493 e. The van der Waals surface area contributed by atoms with E-state index in [9.17, 15) is 9.59 Å². The van der Waals surface area contributed by atoms with Crippen LogP contribution in [0, 0.1) is 0 Å². The molecule has 0 unspecified atom stereocenters. The van der Waals surface area contributed by atoms with Crippen molar-refractivity contribution in [2.45, 2.75) is 6.61 Å². The lowest BCUT2D eigenvalue weighted by Gasteiger charge is -2.21. The van der Waals surface area contributed by atoms with E-state index in [1.165, 1.54) is 40.1 Å². The van der Waals surface area contributed by atoms with Gasteiger partial charge in [-0.3, -0.25) is 14.3 Å². The standard InChI is InChI=1S/C33H31N3O8/c1-39-25-17-24-23(16-26(25)44-18-21-8-6-7-13-35-21)29(19-14-27(40-2)31(42-4)28(15-19)41-3)30(33(38)43-5)36(32(24)37)22-11-9-20(34)10-12-22/h6-17H,18,34H2,1-5H3. The Kier molecular flexibility index (Phi) is 8.56. The third-order valence-corrected chi connectivity index (χ3v) is 7.05. The summed E-state index contributed by atoms with van der Waals surface area (Å²) in [5.74, 6) is 0.940. The quantitative estimate of drug-likeness (QED) is 0.173. The summed E-state index contributed by atoms with van der Waals surface area (Å²) in [7, 11) is 7.21. The van der Waals surface area contributed by atoms with Crippen molar-refractivity contribution in [3.8, 4) is 45.6 Å². The maximum atomic E-state index is 14.3. The molecule has 0 atom stereocenters. The number of rotatable bonds is 10. The number of hydrogen-bond acceptors (Lipinski definition) is 10. The zero-order valence-corrected chi connectivity index (χ0v) is 24.9. The van der Waals surface area contributed by atoms with Crippen LogP contribution in [0.15, 0.2) is 77.7 Å². The lowest BCUT2D eigenvalue weighted by atomic mass is 9.95. The number of nitrogens with zero attached hydrogens (tertiary/aromatic N) is 2. The van der Waals surface area contributed by atoms with Gasteiger partial charge in [0, 0.05) is 28.5 Å². The molecule has 0 saturated heterocycles. The third kappa shape index (κ3) is 5.42. The zero-order valence-electron chi connectivity index (χ0n) is 24.9. The molecule has 0 spiro atoms. The molecule has 0 saturated carbocycles. The van der Waals surface area contributed by atoms with Gasteiger partial charge in [-0.15, -0.1) is 0 Å². The number of methoxy groups -OCH3 is 5. The van der Waals surface area contributed by atoms with E-state index in [1.54, 1.807) is 54.7 Å². The lowest BCUT2D eigenvalue weighted by molar-refractivity contribution is 0.0591. The average Bonchev–Trinajstić information content (AvgIpc) is 3.06. The van der Waals surface area contributed by atoms with Crippen LogP contribution in [-0.2, 0) is 11.3 Å². The van der Waals surface area contributed by atoms with Gasteiger partial charge in [-0.05, 0) is 66.2 Å². The molecule has 0 aliphatic heterocycles. The second-order valence-electron chi connectivity index (χ2n) is 9.52. The maximum Gasteiger partial charge on any atom is 0.355 e. The Hall–Kier alpha value is -5.71. The molecule has 0 fully saturated rings. The molecule has 0 bridgehead atoms. The molecule has 0 aliphatic carbocycles. The van der Waals surface area contributed by atoms with E-state index in [2.05, 4.69) is 4.98 Å². The van der Waals surface area contributed by atoms with E-state index in [0.717, 1.165) is 0 Å². The molecule has 2 N–H and O–H groups in total. The number of carbonyl (C=O) groups is 1. The summed E-state index contributed by atoms with van der Waals surface area (Å²) in [5.41, 5.74) is 7.83. The number of nitrogen functional groups attached to an aromatic ring is 1. The van der Waals surface area contributed by atoms with E-state index >= 15 is 0 Å². The molecular formula is C33H31N3O8. The van der Waals surface area contributed by atoms with Crippen LogP contribution in [0.2, 0.25) is 0 Å². The number of hydrogen-bond donors (Lipinski definition) is 1. The van der Waals surface area contributed by atoms with Crippen LogP contribution in [0.1, 0.15) is 16.2 Å². The fourth-order valence-electron chi connectivity index (χ4n) is 4.99. The Labute approximate surface area is 253 Å². The fourth-order valence-corrected chi connectivity index (χ4v) is 4.99. The van der Waals surface area contributed by atoms with Crippen molar-refractivity contribution in [3.63, 3.8) is 0 Å². The second-order valence-corrected chi connectivity index (χ2v) is 9.52. The molecule has 2 aromatic heterocycles. The normalized spacial score (nSPS) is 10.8. The molecule has 0 amide bonds. The number of anilines is 1. The number of ether oxygens (including phenoxy) is 6. The van der Waals surface area contributed by atoms with Gasteiger partial charge in [0.05, 0.1) is 46.6 Å². The van der Waals surface area contributed by atoms with Gasteiger partial charge in [0.2, 0.25) is 5.75 Å². The molecule has 3 aromatic carbocycles. The van der Waals surface area contributed by atoms with Gasteiger partial charge >= 0.3 is 5.97 Å². The Bertz CT molecular complexity index is 1860. The Balaban J connectivity index is 1.92. The van der Waals surface area contributed by atoms with Gasteiger partial charge in [-0.2, -0.15) is 0 Å². The summed E-state index contributed by atoms with van der Waals surface area (Å²) >= 11 is 0. The van der Waals surface area contributed by atoms with Gasteiger partial charge in [-0.1, -0.05) is 6.07 Å². The number of pyridine rings is 2. The van der Waals surface area contributed by atoms with Crippen LogP contribution >= 0.6 is 0 Å². The highest BCUT2D eigenvalue weighted by Gasteiger charge is 2.28. The second kappa shape index (κ2) is 12.7. The van der Waals surface area contributed by atoms with E-state index in [0.29, 0.717) is 62.3 Å². The van der Waals surface area contributed by atoms with Gasteiger partial charge in [-0.25, -0.2) is 4.79 Å². The van der Waals surface area contributed by atoms with Crippen molar-refractivity contribution >= 4 is 22.4 Å². The van der Waals surface area contributed by atoms with Crippen LogP contribution in [0.4, 0.5) is 5.69 Å². The first kappa shape index (κ1) is 29.8. The van der Waals surface area contributed by atoms with Crippen LogP contribution in [0.5, 0.6) is 28.7 Å². The van der Waals surface area contributed by atoms with E-state index in [-0.39, 0.29) is 17.7 Å². The van der Waals surface area contributed by atoms with E-state index in [4.69, 9.17) is 34.2 Å². The summed E-state index contributed by atoms with van der Waals surface area (Å²) in [6.07, 6.45) is 1.67. The van der Waals surface area contributed by atoms with Gasteiger partial charge in [0.1, 0.15) is 12.3 Å². The van der Waals surface area contributed by atoms with Crippen LogP contribution < -0.4 is 35.0 Å². The van der Waals surface area contributed by atoms with Crippen LogP contribution in [0.3, 0.4) is 0 Å². The zero-order chi connectivity index (χ0) is 31.4. The molecular weight excluding hydrogens is 566 g/mol. The Morgan fingerprint density at radius 2 is 1.45 bits per heavy atom. The smallest absolute Gasteiger partial charge is 0.355 e. The number of nitrogens with two attached hydrogens (primary N) is 1. The Morgan fingerprint density at radius 3 is 2.02 bits per heavy atom. The van der Waals surface area contributed by atoms with E-state index in [1.807, 2.05) is 18.2 Å². The fraction of sp³-hybridized carbons (Fsp3) is 0.182. The van der Waals surface area contributed by atoms with Crippen molar-refractivity contribution in [2.24, 2.45) is 0 Å². The summed E-state index contributed by atoms with van der Waals surface area (Å²) in [4.78, 5) is 32.3. The predicted octanol–water partition coefficient (Wildman–Crippen LogP) is 5.03. The average molecular weight is 598 g/mol. The topological polar surface area (TPSA) is 133 Å². The third-order valence-electron chi connectivity index (χ3n) is 7.05. The van der Waals surface area contributed by atoms with Crippen molar-refractivity contribution < 1.29 is 33.2 Å². The number of benzene rings is 3. The molecule has 44 heavy (non-hydrogen) atoms. The minimum absolute atomic E-state index is 0.0371. The van der Waals surface area contributed by atoms with Crippen molar-refractivity contribution in [2.75, 3.05) is 41.3 Å². The molecule has 5 aromatic rings. The Morgan fingerprint density at radius 1 is 0.795 bits per heavy atom. The molecule has 5 rings (SSSR count). The summed E-state index contributed by atoms with van der Waals surface area (Å²) in [6.45, 7) is 0.134. The number of fused-ring (bicyclic) bond motifs is 1. The molecule has 0 radical (unpaired) electrons. The molecule has 0 aliphatic rings. The first-order chi connectivity index (χ1) is 21.3. The molecule has 11 nitrogen and oxygen atoms in total. The summed E-state index contributed by atoms with van der Waals surface area (Å²) in [6, 6.07) is 18.7. The molecule has 2 heterocycles. The lowest BCUT2D eigenvalue weighted by Crippen LogP contribution is -2.27. The molecule has 226 valence electrons. The first-order valence-electron chi connectivity index (χ1n) is 13.4. The van der Waals surface area contributed by atoms with Crippen molar-refractivity contribution in [3.05, 3.63) is 94.7 Å². The predicted molar refractivity (Wildman–Crippen MR) is 166 cm³/mol. The number of aromatic nitrogens is 2. The summed E-state index contributed by atoms with van der Waals surface area (Å²) < 4.78 is 35.1. The van der Waals surface area contributed by atoms with Crippen molar-refractivity contribution in [1.29, 1.82) is 0 Å².